The third-order valence-corrected chi connectivity index (χ3v) is 4.68. The summed E-state index contributed by atoms with van der Waals surface area (Å²) >= 11 is 6.06. The Hall–Kier alpha value is -3.84. The number of para-hydroxylation sites is 2. The molecule has 0 aromatic heterocycles. The average molecular weight is 426 g/mol. The number of nitrogens with one attached hydrogen (secondary N) is 1. The van der Waals surface area contributed by atoms with E-state index in [0.717, 1.165) is 6.07 Å². The van der Waals surface area contributed by atoms with Gasteiger partial charge in [-0.05, 0) is 36.4 Å². The van der Waals surface area contributed by atoms with Crippen molar-refractivity contribution in [2.24, 2.45) is 0 Å². The minimum absolute atomic E-state index is 0.0168. The van der Waals surface area contributed by atoms with Gasteiger partial charge in [-0.3, -0.25) is 14.4 Å². The first-order valence-electron chi connectivity index (χ1n) is 8.70. The number of hydrogen-bond acceptors (Lipinski definition) is 6. The van der Waals surface area contributed by atoms with Crippen LogP contribution >= 0.6 is 11.6 Å². The van der Waals surface area contributed by atoms with E-state index < -0.39 is 29.0 Å². The minimum Gasteiger partial charge on any atom is -0.507 e. The van der Waals surface area contributed by atoms with Gasteiger partial charge in [0.1, 0.15) is 17.2 Å². The monoisotopic (exact) mass is 425 g/mol. The molecule has 0 aliphatic rings. The van der Waals surface area contributed by atoms with Crippen LogP contribution < -0.4 is 5.32 Å². The summed E-state index contributed by atoms with van der Waals surface area (Å²) in [6.45, 7) is 0. The van der Waals surface area contributed by atoms with Gasteiger partial charge in [-0.2, -0.15) is 0 Å². The zero-order valence-electron chi connectivity index (χ0n) is 15.6. The van der Waals surface area contributed by atoms with Gasteiger partial charge in [0.05, 0.1) is 27.8 Å². The first-order chi connectivity index (χ1) is 14.3. The second kappa shape index (κ2) is 8.26. The highest BCUT2D eigenvalue weighted by atomic mass is 35.5. The first kappa shape index (κ1) is 20.9. The van der Waals surface area contributed by atoms with Crippen molar-refractivity contribution in [3.8, 4) is 17.2 Å². The topological polar surface area (TPSA) is 124 Å². The van der Waals surface area contributed by atoms with Crippen molar-refractivity contribution in [3.63, 3.8) is 0 Å². The lowest BCUT2D eigenvalue weighted by atomic mass is 9.94. The van der Waals surface area contributed by atoms with Crippen LogP contribution in [0, 0.1) is 0 Å². The van der Waals surface area contributed by atoms with Gasteiger partial charge in [-0.25, -0.2) is 0 Å². The molecule has 152 valence electrons. The Morgan fingerprint density at radius 2 is 1.23 bits per heavy atom. The SMILES string of the molecule is CNC(=O)c1cccc(C(=O)c2cc(Cl)cc(C(=O)c3ccccc3O)c2O)c1O. The third kappa shape index (κ3) is 3.70. The van der Waals surface area contributed by atoms with Crippen molar-refractivity contribution in [3.05, 3.63) is 87.4 Å². The molecule has 0 atom stereocenters. The number of carbonyl (C=O) groups is 3. The van der Waals surface area contributed by atoms with E-state index in [1.165, 1.54) is 55.6 Å². The molecule has 0 heterocycles. The zero-order valence-corrected chi connectivity index (χ0v) is 16.4. The Balaban J connectivity index is 2.13. The molecule has 0 fully saturated rings. The molecule has 4 N–H and O–H groups in total. The summed E-state index contributed by atoms with van der Waals surface area (Å²) in [6.07, 6.45) is 0. The van der Waals surface area contributed by atoms with Crippen LogP contribution in [0.1, 0.15) is 42.2 Å². The molecule has 1 amide bonds. The minimum atomic E-state index is -0.843. The molecule has 3 rings (SSSR count). The highest BCUT2D eigenvalue weighted by Crippen LogP contribution is 2.34. The number of phenols is 3. The number of halogens is 1. The summed E-state index contributed by atoms with van der Waals surface area (Å²) in [7, 11) is 1.37. The van der Waals surface area contributed by atoms with E-state index in [-0.39, 0.29) is 38.6 Å². The van der Waals surface area contributed by atoms with Crippen LogP contribution in [0.4, 0.5) is 0 Å². The van der Waals surface area contributed by atoms with Crippen LogP contribution in [0.3, 0.4) is 0 Å². The Kier molecular flexibility index (Phi) is 5.75. The predicted octanol–water partition coefficient (Wildman–Crippen LogP) is 3.28. The molecule has 3 aromatic carbocycles. The summed E-state index contributed by atoms with van der Waals surface area (Å²) in [5.41, 5.74) is -1.11. The van der Waals surface area contributed by atoms with Gasteiger partial charge < -0.3 is 20.6 Å². The number of hydrogen-bond donors (Lipinski definition) is 4. The van der Waals surface area contributed by atoms with Crippen LogP contribution in [-0.4, -0.2) is 39.8 Å². The number of amides is 1. The molecule has 7 nitrogen and oxygen atoms in total. The van der Waals surface area contributed by atoms with Gasteiger partial charge in [0.15, 0.2) is 0 Å². The van der Waals surface area contributed by atoms with Crippen LogP contribution in [0.5, 0.6) is 17.2 Å². The van der Waals surface area contributed by atoms with Crippen molar-refractivity contribution >= 4 is 29.1 Å². The van der Waals surface area contributed by atoms with E-state index in [1.54, 1.807) is 0 Å². The molecule has 0 saturated heterocycles. The summed E-state index contributed by atoms with van der Waals surface area (Å²) < 4.78 is 0. The highest BCUT2D eigenvalue weighted by Gasteiger charge is 2.26. The molecule has 0 aliphatic carbocycles. The van der Waals surface area contributed by atoms with Crippen molar-refractivity contribution in [2.45, 2.75) is 0 Å². The van der Waals surface area contributed by atoms with Gasteiger partial charge >= 0.3 is 0 Å². The Morgan fingerprint density at radius 3 is 1.83 bits per heavy atom. The molecule has 3 aromatic rings. The van der Waals surface area contributed by atoms with Crippen LogP contribution in [0.25, 0.3) is 0 Å². The number of ketones is 2. The van der Waals surface area contributed by atoms with Gasteiger partial charge in [0.2, 0.25) is 11.6 Å². The lowest BCUT2D eigenvalue weighted by molar-refractivity contribution is 0.0959. The fourth-order valence-electron chi connectivity index (χ4n) is 2.95. The molecular formula is C22H16ClNO6. The van der Waals surface area contributed by atoms with E-state index in [1.807, 2.05) is 0 Å². The predicted molar refractivity (Wildman–Crippen MR) is 110 cm³/mol. The van der Waals surface area contributed by atoms with E-state index in [9.17, 15) is 29.7 Å². The molecule has 0 spiro atoms. The fraction of sp³-hybridized carbons (Fsp3) is 0.0455. The standard InChI is InChI=1S/C22H16ClNO6/c1-24-22(30)14-7-4-6-13(19(14)27)20(28)16-10-11(23)9-15(21(16)29)18(26)12-5-2-3-8-17(12)25/h2-10,25,27,29H,1H3,(H,24,30). The fourth-order valence-corrected chi connectivity index (χ4v) is 3.16. The second-order valence-electron chi connectivity index (χ2n) is 6.31. The van der Waals surface area contributed by atoms with E-state index in [2.05, 4.69) is 5.32 Å². The summed E-state index contributed by atoms with van der Waals surface area (Å²) in [5, 5.41) is 33.3. The molecule has 0 bridgehead atoms. The van der Waals surface area contributed by atoms with Gasteiger partial charge in [-0.15, -0.1) is 0 Å². The maximum Gasteiger partial charge on any atom is 0.254 e. The smallest absolute Gasteiger partial charge is 0.254 e. The molecule has 0 unspecified atom stereocenters. The lowest BCUT2D eigenvalue weighted by Gasteiger charge is -2.12. The molecule has 0 aliphatic heterocycles. The summed E-state index contributed by atoms with van der Waals surface area (Å²) in [4.78, 5) is 37.7. The molecule has 0 radical (unpaired) electrons. The van der Waals surface area contributed by atoms with E-state index >= 15 is 0 Å². The van der Waals surface area contributed by atoms with Crippen molar-refractivity contribution < 1.29 is 29.7 Å². The Morgan fingerprint density at radius 1 is 0.733 bits per heavy atom. The second-order valence-corrected chi connectivity index (χ2v) is 6.74. The van der Waals surface area contributed by atoms with Crippen molar-refractivity contribution in [1.29, 1.82) is 0 Å². The zero-order chi connectivity index (χ0) is 22.0. The highest BCUT2D eigenvalue weighted by molar-refractivity contribution is 6.32. The summed E-state index contributed by atoms with van der Waals surface area (Å²) in [5.74, 6) is -3.73. The number of rotatable bonds is 5. The van der Waals surface area contributed by atoms with E-state index in [0.29, 0.717) is 0 Å². The molecule has 30 heavy (non-hydrogen) atoms. The number of phenolic OH excluding ortho intramolecular Hbond substituents is 3. The van der Waals surface area contributed by atoms with Crippen molar-refractivity contribution in [1.82, 2.24) is 5.32 Å². The average Bonchev–Trinajstić information content (AvgIpc) is 2.74. The number of aromatic hydroxyl groups is 3. The number of benzene rings is 3. The maximum atomic E-state index is 13.0. The van der Waals surface area contributed by atoms with Gasteiger partial charge in [0, 0.05) is 12.1 Å². The number of carbonyl (C=O) groups excluding carboxylic acids is 3. The van der Waals surface area contributed by atoms with Crippen LogP contribution in [-0.2, 0) is 0 Å². The van der Waals surface area contributed by atoms with Crippen LogP contribution in [0.2, 0.25) is 5.02 Å². The summed E-state index contributed by atoms with van der Waals surface area (Å²) in [6, 6.07) is 12.0. The van der Waals surface area contributed by atoms with E-state index in [4.69, 9.17) is 11.6 Å². The first-order valence-corrected chi connectivity index (χ1v) is 9.08. The lowest BCUT2D eigenvalue weighted by Crippen LogP contribution is -2.18. The third-order valence-electron chi connectivity index (χ3n) is 4.46. The quantitative estimate of drug-likeness (QED) is 0.465. The van der Waals surface area contributed by atoms with Crippen LogP contribution in [0.15, 0.2) is 54.6 Å². The Bertz CT molecular complexity index is 1190. The van der Waals surface area contributed by atoms with Crippen molar-refractivity contribution in [2.75, 3.05) is 7.05 Å². The molecular weight excluding hydrogens is 410 g/mol. The normalized spacial score (nSPS) is 10.5. The van der Waals surface area contributed by atoms with Gasteiger partial charge in [-0.1, -0.05) is 29.8 Å². The maximum absolute atomic E-state index is 13.0. The molecule has 0 saturated carbocycles. The largest absolute Gasteiger partial charge is 0.507 e. The van der Waals surface area contributed by atoms with Gasteiger partial charge in [0.25, 0.3) is 5.91 Å². The Labute approximate surface area is 176 Å². The molecule has 8 heteroatoms.